The third kappa shape index (κ3) is 5.32. The van der Waals surface area contributed by atoms with Crippen LogP contribution in [-0.4, -0.2) is 42.8 Å². The standard InChI is InChI=1S/C24H26N2O6/c1-4-5-11-31-24(30)18-7-6-8-19(12-18)25-22(28)14-26-20-13-17(15(2)27)9-10-21(20)32-16(3)23(26)29/h6-10,12-13,16H,4-5,11,14H2,1-3H3,(H,25,28). The molecule has 0 aromatic heterocycles. The summed E-state index contributed by atoms with van der Waals surface area (Å²) in [4.78, 5) is 50.6. The van der Waals surface area contributed by atoms with E-state index in [1.165, 1.54) is 17.9 Å². The van der Waals surface area contributed by atoms with Crippen molar-refractivity contribution < 1.29 is 28.7 Å². The molecule has 0 saturated carbocycles. The lowest BCUT2D eigenvalue weighted by molar-refractivity contribution is -0.127. The zero-order valence-corrected chi connectivity index (χ0v) is 18.3. The number of ether oxygens (including phenoxy) is 2. The second-order valence-corrected chi connectivity index (χ2v) is 7.54. The number of nitrogens with one attached hydrogen (secondary N) is 1. The Hall–Kier alpha value is -3.68. The van der Waals surface area contributed by atoms with Crippen molar-refractivity contribution in [1.29, 1.82) is 0 Å². The summed E-state index contributed by atoms with van der Waals surface area (Å²) >= 11 is 0. The fourth-order valence-corrected chi connectivity index (χ4v) is 3.25. The van der Waals surface area contributed by atoms with Crippen LogP contribution < -0.4 is 15.0 Å². The summed E-state index contributed by atoms with van der Waals surface area (Å²) in [5, 5.41) is 2.71. The predicted octanol–water partition coefficient (Wildman–Crippen LogP) is 3.60. The molecule has 8 nitrogen and oxygen atoms in total. The van der Waals surface area contributed by atoms with Crippen LogP contribution in [0.3, 0.4) is 0 Å². The maximum absolute atomic E-state index is 12.7. The van der Waals surface area contributed by atoms with Crippen LogP contribution in [-0.2, 0) is 14.3 Å². The normalized spacial score (nSPS) is 14.9. The summed E-state index contributed by atoms with van der Waals surface area (Å²) < 4.78 is 10.8. The van der Waals surface area contributed by atoms with Crippen molar-refractivity contribution in [1.82, 2.24) is 0 Å². The van der Waals surface area contributed by atoms with Crippen molar-refractivity contribution in [2.45, 2.75) is 39.7 Å². The third-order valence-corrected chi connectivity index (χ3v) is 4.99. The lowest BCUT2D eigenvalue weighted by atomic mass is 10.1. The van der Waals surface area contributed by atoms with E-state index in [0.29, 0.717) is 34.9 Å². The highest BCUT2D eigenvalue weighted by atomic mass is 16.5. The first-order valence-electron chi connectivity index (χ1n) is 10.5. The van der Waals surface area contributed by atoms with Crippen molar-refractivity contribution in [3.63, 3.8) is 0 Å². The number of esters is 1. The lowest BCUT2D eigenvalue weighted by Crippen LogP contribution is -2.47. The van der Waals surface area contributed by atoms with Crippen LogP contribution in [0.1, 0.15) is 54.3 Å². The molecule has 1 atom stereocenters. The first-order chi connectivity index (χ1) is 15.3. The molecule has 1 aliphatic rings. The van der Waals surface area contributed by atoms with Gasteiger partial charge in [-0.3, -0.25) is 19.3 Å². The van der Waals surface area contributed by atoms with Gasteiger partial charge in [0.1, 0.15) is 12.3 Å². The summed E-state index contributed by atoms with van der Waals surface area (Å²) in [6, 6.07) is 11.2. The monoisotopic (exact) mass is 438 g/mol. The molecule has 2 aromatic carbocycles. The molecule has 1 N–H and O–H groups in total. The van der Waals surface area contributed by atoms with E-state index in [4.69, 9.17) is 9.47 Å². The Morgan fingerprint density at radius 3 is 2.62 bits per heavy atom. The largest absolute Gasteiger partial charge is 0.479 e. The second kappa shape index (κ2) is 10.1. The van der Waals surface area contributed by atoms with E-state index >= 15 is 0 Å². The van der Waals surface area contributed by atoms with Crippen molar-refractivity contribution in [3.8, 4) is 5.75 Å². The van der Waals surface area contributed by atoms with Gasteiger partial charge in [0.05, 0.1) is 17.9 Å². The number of fused-ring (bicyclic) bond motifs is 1. The highest BCUT2D eigenvalue weighted by molar-refractivity contribution is 6.07. The number of amides is 2. The summed E-state index contributed by atoms with van der Waals surface area (Å²) in [7, 11) is 0. The Labute approximate surface area is 186 Å². The van der Waals surface area contributed by atoms with E-state index in [0.717, 1.165) is 12.8 Å². The number of ketones is 1. The molecule has 0 saturated heterocycles. The average molecular weight is 438 g/mol. The Bertz CT molecular complexity index is 1050. The molecule has 0 aliphatic carbocycles. The number of benzene rings is 2. The lowest BCUT2D eigenvalue weighted by Gasteiger charge is -2.32. The molecule has 1 aliphatic heterocycles. The Morgan fingerprint density at radius 2 is 1.91 bits per heavy atom. The minimum atomic E-state index is -0.764. The summed E-state index contributed by atoms with van der Waals surface area (Å²) in [6.45, 7) is 5.09. The number of carbonyl (C=O) groups excluding carboxylic acids is 4. The van der Waals surface area contributed by atoms with Gasteiger partial charge in [0, 0.05) is 11.3 Å². The van der Waals surface area contributed by atoms with Gasteiger partial charge in [-0.1, -0.05) is 19.4 Å². The van der Waals surface area contributed by atoms with Crippen molar-refractivity contribution in [2.24, 2.45) is 0 Å². The number of hydrogen-bond donors (Lipinski definition) is 1. The number of anilines is 2. The SMILES string of the molecule is CCCCOC(=O)c1cccc(NC(=O)CN2C(=O)C(C)Oc3ccc(C(C)=O)cc32)c1. The fourth-order valence-electron chi connectivity index (χ4n) is 3.25. The predicted molar refractivity (Wildman–Crippen MR) is 119 cm³/mol. The van der Waals surface area contributed by atoms with E-state index in [1.54, 1.807) is 43.3 Å². The van der Waals surface area contributed by atoms with Gasteiger partial charge in [-0.15, -0.1) is 0 Å². The number of rotatable bonds is 8. The Balaban J connectivity index is 1.74. The molecule has 0 radical (unpaired) electrons. The summed E-state index contributed by atoms with van der Waals surface area (Å²) in [6.07, 6.45) is 0.931. The van der Waals surface area contributed by atoms with E-state index in [-0.39, 0.29) is 18.2 Å². The van der Waals surface area contributed by atoms with Crippen LogP contribution >= 0.6 is 0 Å². The second-order valence-electron chi connectivity index (χ2n) is 7.54. The van der Waals surface area contributed by atoms with Gasteiger partial charge in [0.15, 0.2) is 11.9 Å². The van der Waals surface area contributed by atoms with Crippen LogP contribution in [0, 0.1) is 0 Å². The minimum Gasteiger partial charge on any atom is -0.479 e. The molecule has 2 amide bonds. The number of carbonyl (C=O) groups is 4. The third-order valence-electron chi connectivity index (χ3n) is 4.99. The quantitative estimate of drug-likeness (QED) is 0.384. The molecule has 168 valence electrons. The highest BCUT2D eigenvalue weighted by Crippen LogP contribution is 2.35. The number of unbranched alkanes of at least 4 members (excludes halogenated alkanes) is 1. The maximum Gasteiger partial charge on any atom is 0.338 e. The number of hydrogen-bond acceptors (Lipinski definition) is 6. The van der Waals surface area contributed by atoms with Crippen LogP contribution in [0.25, 0.3) is 0 Å². The molecular formula is C24H26N2O6. The van der Waals surface area contributed by atoms with Crippen molar-refractivity contribution in [2.75, 3.05) is 23.4 Å². The molecule has 0 spiro atoms. The maximum atomic E-state index is 12.7. The van der Waals surface area contributed by atoms with Gasteiger partial charge < -0.3 is 14.8 Å². The van der Waals surface area contributed by atoms with Crippen LogP contribution in [0.4, 0.5) is 11.4 Å². The summed E-state index contributed by atoms with van der Waals surface area (Å²) in [5.74, 6) is -1.04. The molecule has 32 heavy (non-hydrogen) atoms. The van der Waals surface area contributed by atoms with E-state index in [9.17, 15) is 19.2 Å². The molecule has 1 unspecified atom stereocenters. The molecule has 2 aromatic rings. The topological polar surface area (TPSA) is 102 Å². The van der Waals surface area contributed by atoms with Gasteiger partial charge in [-0.2, -0.15) is 0 Å². The van der Waals surface area contributed by atoms with Crippen molar-refractivity contribution >= 4 is 34.9 Å². The highest BCUT2D eigenvalue weighted by Gasteiger charge is 2.33. The smallest absolute Gasteiger partial charge is 0.338 e. The van der Waals surface area contributed by atoms with Gasteiger partial charge in [-0.25, -0.2) is 4.79 Å². The first kappa shape index (κ1) is 23.0. The average Bonchev–Trinajstić information content (AvgIpc) is 2.76. The minimum absolute atomic E-state index is 0.161. The zero-order chi connectivity index (χ0) is 23.3. The van der Waals surface area contributed by atoms with Gasteiger partial charge >= 0.3 is 5.97 Å². The van der Waals surface area contributed by atoms with Crippen molar-refractivity contribution in [3.05, 3.63) is 53.6 Å². The molecule has 0 bridgehead atoms. The van der Waals surface area contributed by atoms with E-state index in [1.807, 2.05) is 6.92 Å². The van der Waals surface area contributed by atoms with Crippen LogP contribution in [0.5, 0.6) is 5.75 Å². The fraction of sp³-hybridized carbons (Fsp3) is 0.333. The van der Waals surface area contributed by atoms with Gasteiger partial charge in [0.2, 0.25) is 5.91 Å². The van der Waals surface area contributed by atoms with E-state index in [2.05, 4.69) is 5.32 Å². The van der Waals surface area contributed by atoms with E-state index < -0.39 is 18.0 Å². The molecule has 1 heterocycles. The first-order valence-corrected chi connectivity index (χ1v) is 10.5. The molecule has 3 rings (SSSR count). The van der Waals surface area contributed by atoms with Gasteiger partial charge in [-0.05, 0) is 56.7 Å². The van der Waals surface area contributed by atoms with Gasteiger partial charge in [0.25, 0.3) is 5.91 Å². The summed E-state index contributed by atoms with van der Waals surface area (Å²) in [5.41, 5.74) is 1.51. The Morgan fingerprint density at radius 1 is 1.12 bits per heavy atom. The number of Topliss-reactive ketones (excluding diaryl/α,β-unsaturated/α-hetero) is 1. The van der Waals surface area contributed by atoms with Crippen LogP contribution in [0.2, 0.25) is 0 Å². The molecule has 8 heteroatoms. The zero-order valence-electron chi connectivity index (χ0n) is 18.3. The molecular weight excluding hydrogens is 412 g/mol. The van der Waals surface area contributed by atoms with Crippen LogP contribution in [0.15, 0.2) is 42.5 Å². The Kier molecular flexibility index (Phi) is 7.25. The molecule has 0 fully saturated rings. The number of nitrogens with zero attached hydrogens (tertiary/aromatic N) is 1.